The topological polar surface area (TPSA) is 77.0 Å². The lowest BCUT2D eigenvalue weighted by molar-refractivity contribution is -0.129. The molecule has 88 valence electrons. The highest BCUT2D eigenvalue weighted by Gasteiger charge is 2.36. The molecule has 1 aliphatic rings. The Kier molecular flexibility index (Phi) is 3.37. The van der Waals surface area contributed by atoms with Crippen LogP contribution in [0.4, 0.5) is 0 Å². The number of hydrogen-bond donors (Lipinski definition) is 0. The van der Waals surface area contributed by atoms with Gasteiger partial charge < -0.3 is 0 Å². The predicted molar refractivity (Wildman–Crippen MR) is 58.3 cm³/mol. The summed E-state index contributed by atoms with van der Waals surface area (Å²) in [4.78, 5) is 43.1. The molecule has 0 saturated heterocycles. The maximum Gasteiger partial charge on any atom is 0.217 e. The van der Waals surface area contributed by atoms with Gasteiger partial charge in [0.15, 0.2) is 17.4 Å². The molecule has 1 aromatic heterocycles. The molecule has 1 saturated carbocycles. The molecular weight excluding hydrogens is 220 g/mol. The molecule has 1 fully saturated rings. The average molecular weight is 232 g/mol. The summed E-state index contributed by atoms with van der Waals surface area (Å²) in [6.45, 7) is 0. The fourth-order valence-corrected chi connectivity index (χ4v) is 1.91. The van der Waals surface area contributed by atoms with Gasteiger partial charge in [0.05, 0.1) is 0 Å². The zero-order valence-corrected chi connectivity index (χ0v) is 9.26. The molecule has 1 aromatic rings. The van der Waals surface area contributed by atoms with E-state index in [-0.39, 0.29) is 30.2 Å². The molecule has 0 aromatic carbocycles. The van der Waals surface area contributed by atoms with Crippen LogP contribution in [0.25, 0.3) is 0 Å². The summed E-state index contributed by atoms with van der Waals surface area (Å²) in [6.07, 6.45) is 4.76. The minimum Gasteiger partial charge on any atom is -0.298 e. The van der Waals surface area contributed by atoms with E-state index < -0.39 is 11.7 Å². The van der Waals surface area contributed by atoms with Gasteiger partial charge >= 0.3 is 0 Å². The van der Waals surface area contributed by atoms with Crippen LogP contribution < -0.4 is 0 Å². The standard InChI is InChI=1S/C12H12N2O3/c15-8-4-1-2-5-9(16)10(8)11(17)12-13-6-3-7-14-12/h3,6-7,10H,1-2,4-5H2. The molecule has 1 aliphatic carbocycles. The van der Waals surface area contributed by atoms with Crippen molar-refractivity contribution >= 4 is 17.3 Å². The maximum absolute atomic E-state index is 12.0. The van der Waals surface area contributed by atoms with Crippen molar-refractivity contribution < 1.29 is 14.4 Å². The van der Waals surface area contributed by atoms with Crippen molar-refractivity contribution in [3.8, 4) is 0 Å². The lowest BCUT2D eigenvalue weighted by Crippen LogP contribution is -2.31. The van der Waals surface area contributed by atoms with E-state index in [1.165, 1.54) is 12.4 Å². The first kappa shape index (κ1) is 11.6. The second-order valence-corrected chi connectivity index (χ2v) is 4.01. The molecule has 0 aliphatic heterocycles. The Balaban J connectivity index is 2.28. The number of rotatable bonds is 2. The van der Waals surface area contributed by atoms with Crippen molar-refractivity contribution in [1.82, 2.24) is 9.97 Å². The Morgan fingerprint density at radius 3 is 2.12 bits per heavy atom. The van der Waals surface area contributed by atoms with Crippen LogP contribution in [0.15, 0.2) is 18.5 Å². The first-order chi connectivity index (χ1) is 8.20. The van der Waals surface area contributed by atoms with Gasteiger partial charge in [-0.15, -0.1) is 0 Å². The van der Waals surface area contributed by atoms with E-state index in [0.717, 1.165) is 0 Å². The number of carbonyl (C=O) groups excluding carboxylic acids is 3. The molecule has 5 nitrogen and oxygen atoms in total. The van der Waals surface area contributed by atoms with Crippen LogP contribution in [0.5, 0.6) is 0 Å². The molecule has 2 rings (SSSR count). The smallest absolute Gasteiger partial charge is 0.217 e. The SMILES string of the molecule is O=C1CCCCC(=O)C1C(=O)c1ncccn1. The van der Waals surface area contributed by atoms with Crippen LogP contribution >= 0.6 is 0 Å². The van der Waals surface area contributed by atoms with Gasteiger partial charge in [0.1, 0.15) is 5.92 Å². The summed E-state index contributed by atoms with van der Waals surface area (Å²) in [5.74, 6) is -2.40. The summed E-state index contributed by atoms with van der Waals surface area (Å²) in [5.41, 5.74) is 0. The maximum atomic E-state index is 12.0. The van der Waals surface area contributed by atoms with Gasteiger partial charge in [-0.3, -0.25) is 14.4 Å². The van der Waals surface area contributed by atoms with Crippen LogP contribution in [-0.2, 0) is 9.59 Å². The molecule has 0 atom stereocenters. The van der Waals surface area contributed by atoms with E-state index in [1.54, 1.807) is 6.07 Å². The van der Waals surface area contributed by atoms with Gasteiger partial charge in [-0.2, -0.15) is 0 Å². The summed E-state index contributed by atoms with van der Waals surface area (Å²) in [5, 5.41) is 0. The molecule has 5 heteroatoms. The Morgan fingerprint density at radius 1 is 1.06 bits per heavy atom. The van der Waals surface area contributed by atoms with Gasteiger partial charge in [0, 0.05) is 25.2 Å². The van der Waals surface area contributed by atoms with Gasteiger partial charge in [0.2, 0.25) is 5.78 Å². The van der Waals surface area contributed by atoms with Crippen LogP contribution in [0.3, 0.4) is 0 Å². The molecule has 0 radical (unpaired) electrons. The normalized spacial score (nSPS) is 17.9. The molecular formula is C12H12N2O3. The largest absolute Gasteiger partial charge is 0.298 e. The average Bonchev–Trinajstić information content (AvgIpc) is 2.51. The zero-order valence-electron chi connectivity index (χ0n) is 9.26. The summed E-state index contributed by atoms with van der Waals surface area (Å²) in [6, 6.07) is 1.58. The number of hydrogen-bond acceptors (Lipinski definition) is 5. The number of carbonyl (C=O) groups is 3. The zero-order chi connectivity index (χ0) is 12.3. The van der Waals surface area contributed by atoms with Crippen LogP contribution in [-0.4, -0.2) is 27.3 Å². The minimum atomic E-state index is -1.18. The third kappa shape index (κ3) is 2.43. The fraction of sp³-hybridized carbons (Fsp3) is 0.417. The van der Waals surface area contributed by atoms with Gasteiger partial charge in [0.25, 0.3) is 0 Å². The van der Waals surface area contributed by atoms with E-state index in [9.17, 15) is 14.4 Å². The van der Waals surface area contributed by atoms with Crippen molar-refractivity contribution in [3.05, 3.63) is 24.3 Å². The number of aromatic nitrogens is 2. The van der Waals surface area contributed by atoms with E-state index in [2.05, 4.69) is 9.97 Å². The predicted octanol–water partition coefficient (Wildman–Crippen LogP) is 0.988. The molecule has 0 unspecified atom stereocenters. The Labute approximate surface area is 98.3 Å². The summed E-state index contributed by atoms with van der Waals surface area (Å²) in [7, 11) is 0. The van der Waals surface area contributed by atoms with Crippen molar-refractivity contribution in [2.75, 3.05) is 0 Å². The van der Waals surface area contributed by atoms with Crippen molar-refractivity contribution in [3.63, 3.8) is 0 Å². The molecule has 0 N–H and O–H groups in total. The fourth-order valence-electron chi connectivity index (χ4n) is 1.91. The third-order valence-electron chi connectivity index (χ3n) is 2.79. The minimum absolute atomic E-state index is 0.0545. The quantitative estimate of drug-likeness (QED) is 0.431. The summed E-state index contributed by atoms with van der Waals surface area (Å²) >= 11 is 0. The molecule has 0 spiro atoms. The number of ketones is 3. The first-order valence-corrected chi connectivity index (χ1v) is 5.57. The molecule has 0 bridgehead atoms. The van der Waals surface area contributed by atoms with Gasteiger partial charge in [-0.25, -0.2) is 9.97 Å². The van der Waals surface area contributed by atoms with E-state index in [1.807, 2.05) is 0 Å². The van der Waals surface area contributed by atoms with Crippen molar-refractivity contribution in [1.29, 1.82) is 0 Å². The third-order valence-corrected chi connectivity index (χ3v) is 2.79. The monoisotopic (exact) mass is 232 g/mol. The lowest BCUT2D eigenvalue weighted by atomic mass is 9.92. The molecule has 17 heavy (non-hydrogen) atoms. The van der Waals surface area contributed by atoms with E-state index >= 15 is 0 Å². The Bertz CT molecular complexity index is 438. The second kappa shape index (κ2) is 4.95. The van der Waals surface area contributed by atoms with Gasteiger partial charge in [-0.1, -0.05) is 0 Å². The second-order valence-electron chi connectivity index (χ2n) is 4.01. The summed E-state index contributed by atoms with van der Waals surface area (Å²) < 4.78 is 0. The Morgan fingerprint density at radius 2 is 1.59 bits per heavy atom. The van der Waals surface area contributed by atoms with Gasteiger partial charge in [-0.05, 0) is 18.9 Å². The lowest BCUT2D eigenvalue weighted by Gasteiger charge is -2.08. The van der Waals surface area contributed by atoms with Crippen molar-refractivity contribution in [2.24, 2.45) is 5.92 Å². The van der Waals surface area contributed by atoms with E-state index in [0.29, 0.717) is 12.8 Å². The van der Waals surface area contributed by atoms with Crippen LogP contribution in [0, 0.1) is 5.92 Å². The highest BCUT2D eigenvalue weighted by molar-refractivity contribution is 6.23. The highest BCUT2D eigenvalue weighted by Crippen LogP contribution is 2.19. The first-order valence-electron chi connectivity index (χ1n) is 5.57. The van der Waals surface area contributed by atoms with Crippen LogP contribution in [0.1, 0.15) is 36.3 Å². The Hall–Kier alpha value is -1.91. The highest BCUT2D eigenvalue weighted by atomic mass is 16.2. The van der Waals surface area contributed by atoms with Crippen molar-refractivity contribution in [2.45, 2.75) is 25.7 Å². The molecule has 0 amide bonds. The number of nitrogens with zero attached hydrogens (tertiary/aromatic N) is 2. The van der Waals surface area contributed by atoms with Crippen LogP contribution in [0.2, 0.25) is 0 Å². The number of Topliss-reactive ketones (excluding diaryl/α,β-unsaturated/α-hetero) is 3. The van der Waals surface area contributed by atoms with E-state index in [4.69, 9.17) is 0 Å². The molecule has 1 heterocycles.